The van der Waals surface area contributed by atoms with E-state index in [1.54, 1.807) is 43.0 Å². The molecule has 1 saturated heterocycles. The molecule has 1 amide bonds. The van der Waals surface area contributed by atoms with Gasteiger partial charge in [-0.05, 0) is 33.6 Å². The summed E-state index contributed by atoms with van der Waals surface area (Å²) >= 11 is 0. The fourth-order valence-corrected chi connectivity index (χ4v) is 3.52. The van der Waals surface area contributed by atoms with Gasteiger partial charge in [0.15, 0.2) is 5.82 Å². The molecule has 3 aromatic rings. The van der Waals surface area contributed by atoms with Gasteiger partial charge in [-0.3, -0.25) is 9.55 Å². The maximum Gasteiger partial charge on any atom is 0.410 e. The van der Waals surface area contributed by atoms with Crippen LogP contribution in [0.1, 0.15) is 33.6 Å². The molecular formula is C21H27N7O3. The summed E-state index contributed by atoms with van der Waals surface area (Å²) < 4.78 is 12.5. The number of methoxy groups -OCH3 is 1. The van der Waals surface area contributed by atoms with Crippen molar-refractivity contribution in [1.29, 1.82) is 0 Å². The van der Waals surface area contributed by atoms with Crippen molar-refractivity contribution in [2.45, 2.75) is 45.3 Å². The van der Waals surface area contributed by atoms with Crippen molar-refractivity contribution in [3.63, 3.8) is 0 Å². The molecular weight excluding hydrogens is 398 g/mol. The molecule has 4 heterocycles. The second-order valence-electron chi connectivity index (χ2n) is 8.50. The monoisotopic (exact) mass is 425 g/mol. The molecule has 0 radical (unpaired) electrons. The Balaban J connectivity index is 1.48. The molecule has 0 spiro atoms. The van der Waals surface area contributed by atoms with Gasteiger partial charge in [-0.25, -0.2) is 19.7 Å². The Kier molecular flexibility index (Phi) is 5.62. The van der Waals surface area contributed by atoms with E-state index in [0.717, 1.165) is 23.9 Å². The number of imidazole rings is 1. The molecule has 0 aliphatic carbocycles. The number of carbonyl (C=O) groups is 1. The summed E-state index contributed by atoms with van der Waals surface area (Å²) in [6, 6.07) is 1.84. The maximum atomic E-state index is 12.4. The molecule has 31 heavy (non-hydrogen) atoms. The first-order chi connectivity index (χ1) is 14.8. The smallest absolute Gasteiger partial charge is 0.410 e. The molecule has 1 N–H and O–H groups in total. The van der Waals surface area contributed by atoms with Gasteiger partial charge in [0.1, 0.15) is 17.7 Å². The summed E-state index contributed by atoms with van der Waals surface area (Å²) in [5.41, 5.74) is 1.05. The maximum absolute atomic E-state index is 12.4. The summed E-state index contributed by atoms with van der Waals surface area (Å²) in [6.07, 6.45) is 8.27. The molecule has 1 atom stereocenters. The van der Waals surface area contributed by atoms with Crippen molar-refractivity contribution in [2.24, 2.45) is 0 Å². The van der Waals surface area contributed by atoms with Crippen molar-refractivity contribution in [3.8, 4) is 11.7 Å². The predicted octanol–water partition coefficient (Wildman–Crippen LogP) is 3.03. The van der Waals surface area contributed by atoms with E-state index in [4.69, 9.17) is 9.47 Å². The number of carbonyl (C=O) groups excluding carboxylic acids is 1. The summed E-state index contributed by atoms with van der Waals surface area (Å²) in [5, 5.41) is 3.40. The molecule has 1 aliphatic rings. The van der Waals surface area contributed by atoms with Crippen LogP contribution in [-0.4, -0.2) is 67.3 Å². The number of pyridine rings is 1. The number of hydrogen-bond acceptors (Lipinski definition) is 8. The number of hydrogen-bond donors (Lipinski definition) is 1. The van der Waals surface area contributed by atoms with Crippen LogP contribution in [0.5, 0.6) is 5.88 Å². The molecule has 10 nitrogen and oxygen atoms in total. The molecule has 0 bridgehead atoms. The summed E-state index contributed by atoms with van der Waals surface area (Å²) in [7, 11) is 1.57. The lowest BCUT2D eigenvalue weighted by Crippen LogP contribution is -2.47. The van der Waals surface area contributed by atoms with Crippen LogP contribution in [0.3, 0.4) is 0 Å². The molecule has 1 fully saturated rings. The van der Waals surface area contributed by atoms with Gasteiger partial charge in [-0.15, -0.1) is 0 Å². The summed E-state index contributed by atoms with van der Waals surface area (Å²) in [4.78, 5) is 31.8. The van der Waals surface area contributed by atoms with Crippen LogP contribution >= 0.6 is 0 Å². The van der Waals surface area contributed by atoms with E-state index >= 15 is 0 Å². The molecule has 0 unspecified atom stereocenters. The van der Waals surface area contributed by atoms with Crippen molar-refractivity contribution in [3.05, 3.63) is 31.0 Å². The summed E-state index contributed by atoms with van der Waals surface area (Å²) in [6.45, 7) is 6.86. The Labute approximate surface area is 180 Å². The number of nitrogens with one attached hydrogen (secondary N) is 1. The molecule has 0 saturated carbocycles. The van der Waals surface area contributed by atoms with Crippen LogP contribution in [0, 0.1) is 0 Å². The van der Waals surface area contributed by atoms with Crippen LogP contribution in [0.15, 0.2) is 31.0 Å². The quantitative estimate of drug-likeness (QED) is 0.680. The second-order valence-corrected chi connectivity index (χ2v) is 8.50. The highest BCUT2D eigenvalue weighted by molar-refractivity contribution is 5.77. The zero-order valence-corrected chi connectivity index (χ0v) is 18.2. The van der Waals surface area contributed by atoms with Gasteiger partial charge in [0, 0.05) is 25.2 Å². The Morgan fingerprint density at radius 2 is 2.06 bits per heavy atom. The lowest BCUT2D eigenvalue weighted by Gasteiger charge is -2.34. The number of nitrogens with zero attached hydrogens (tertiary/aromatic N) is 6. The van der Waals surface area contributed by atoms with E-state index in [0.29, 0.717) is 30.6 Å². The van der Waals surface area contributed by atoms with Crippen LogP contribution in [0.25, 0.3) is 16.9 Å². The van der Waals surface area contributed by atoms with Crippen LogP contribution in [0.2, 0.25) is 0 Å². The van der Waals surface area contributed by atoms with Crippen molar-refractivity contribution < 1.29 is 14.3 Å². The third kappa shape index (κ3) is 4.84. The number of aromatic nitrogens is 5. The molecule has 10 heteroatoms. The van der Waals surface area contributed by atoms with E-state index in [1.807, 2.05) is 25.3 Å². The van der Waals surface area contributed by atoms with Crippen LogP contribution in [-0.2, 0) is 4.74 Å². The normalized spacial score (nSPS) is 16.9. The second kappa shape index (κ2) is 8.37. The Hall–Kier alpha value is -3.43. The lowest BCUT2D eigenvalue weighted by atomic mass is 10.1. The first-order valence-corrected chi connectivity index (χ1v) is 10.3. The van der Waals surface area contributed by atoms with Gasteiger partial charge in [-0.1, -0.05) is 0 Å². The van der Waals surface area contributed by atoms with Crippen molar-refractivity contribution in [1.82, 2.24) is 29.4 Å². The Bertz CT molecular complexity index is 1080. The van der Waals surface area contributed by atoms with Crippen LogP contribution in [0.4, 0.5) is 10.6 Å². The SMILES string of the molecule is COc1cc2ncn(-c3cncc(N[C@@H]4CCCN(C(=O)OC(C)(C)C)C4)n3)c2cn1. The fourth-order valence-electron chi connectivity index (χ4n) is 3.52. The average Bonchev–Trinajstić information content (AvgIpc) is 3.16. The number of rotatable bonds is 4. The van der Waals surface area contributed by atoms with E-state index < -0.39 is 5.60 Å². The predicted molar refractivity (Wildman–Crippen MR) is 115 cm³/mol. The molecule has 0 aromatic carbocycles. The topological polar surface area (TPSA) is 107 Å². The molecule has 3 aromatic heterocycles. The van der Waals surface area contributed by atoms with Gasteiger partial charge in [-0.2, -0.15) is 0 Å². The molecule has 164 valence electrons. The zero-order chi connectivity index (χ0) is 22.0. The third-order valence-corrected chi connectivity index (χ3v) is 4.91. The van der Waals surface area contributed by atoms with E-state index in [1.165, 1.54) is 0 Å². The zero-order valence-electron chi connectivity index (χ0n) is 18.2. The standard InChI is InChI=1S/C21H27N7O3/c1-21(2,3)31-20(29)27-7-5-6-14(12-27)25-17-10-22-11-18(26-17)28-13-24-15-8-19(30-4)23-9-16(15)28/h8-11,13-14H,5-7,12H2,1-4H3,(H,25,26)/t14-/m1/s1. The van der Waals surface area contributed by atoms with E-state index in [9.17, 15) is 4.79 Å². The summed E-state index contributed by atoms with van der Waals surface area (Å²) in [5.74, 6) is 1.77. The number of ether oxygens (including phenoxy) is 2. The van der Waals surface area contributed by atoms with Gasteiger partial charge < -0.3 is 19.7 Å². The lowest BCUT2D eigenvalue weighted by molar-refractivity contribution is 0.0206. The van der Waals surface area contributed by atoms with Crippen LogP contribution < -0.4 is 10.1 Å². The van der Waals surface area contributed by atoms with E-state index in [-0.39, 0.29) is 12.1 Å². The van der Waals surface area contributed by atoms with Gasteiger partial charge in [0.25, 0.3) is 0 Å². The average molecular weight is 425 g/mol. The first kappa shape index (κ1) is 20.8. The Morgan fingerprint density at radius 3 is 2.84 bits per heavy atom. The number of anilines is 1. The minimum atomic E-state index is -0.510. The number of piperidine rings is 1. The highest BCUT2D eigenvalue weighted by Crippen LogP contribution is 2.21. The number of fused-ring (bicyclic) bond motifs is 1. The fraction of sp³-hybridized carbons (Fsp3) is 0.476. The molecule has 1 aliphatic heterocycles. The Morgan fingerprint density at radius 1 is 1.23 bits per heavy atom. The van der Waals surface area contributed by atoms with Gasteiger partial charge in [0.05, 0.1) is 36.7 Å². The first-order valence-electron chi connectivity index (χ1n) is 10.3. The highest BCUT2D eigenvalue weighted by atomic mass is 16.6. The number of likely N-dealkylation sites (tertiary alicyclic amines) is 1. The van der Waals surface area contributed by atoms with Gasteiger partial charge >= 0.3 is 6.09 Å². The van der Waals surface area contributed by atoms with Crippen molar-refractivity contribution >= 4 is 22.9 Å². The van der Waals surface area contributed by atoms with E-state index in [2.05, 4.69) is 25.3 Å². The van der Waals surface area contributed by atoms with Gasteiger partial charge in [0.2, 0.25) is 5.88 Å². The minimum Gasteiger partial charge on any atom is -0.481 e. The van der Waals surface area contributed by atoms with Crippen molar-refractivity contribution in [2.75, 3.05) is 25.5 Å². The largest absolute Gasteiger partial charge is 0.481 e. The molecule has 4 rings (SSSR count). The third-order valence-electron chi connectivity index (χ3n) is 4.91. The number of amides is 1. The highest BCUT2D eigenvalue weighted by Gasteiger charge is 2.27. The minimum absolute atomic E-state index is 0.0660.